The lowest BCUT2D eigenvalue weighted by Crippen LogP contribution is -2.26. The van der Waals surface area contributed by atoms with Gasteiger partial charge >= 0.3 is 0 Å². The zero-order chi connectivity index (χ0) is 21.3. The Hall–Kier alpha value is -2.51. The number of nitrogens with one attached hydrogen (secondary N) is 1. The van der Waals surface area contributed by atoms with Crippen molar-refractivity contribution in [2.45, 2.75) is 31.3 Å². The summed E-state index contributed by atoms with van der Waals surface area (Å²) in [5, 5.41) is 13.0. The van der Waals surface area contributed by atoms with E-state index in [1.807, 2.05) is 53.1 Å². The summed E-state index contributed by atoms with van der Waals surface area (Å²) in [6.45, 7) is 2.84. The predicted molar refractivity (Wildman–Crippen MR) is 122 cm³/mol. The summed E-state index contributed by atoms with van der Waals surface area (Å²) in [6.07, 6.45) is 3.23. The standard InChI is InChI=1S/C22H25ClN4O2S/c1-3-4-7-14-24-20(28)15-30-22-26-25-21(18-8-5-6-9-19(18)29-2)27(22)17-12-10-16(23)11-13-17/h5-6,8-13H,3-4,7,14-15H2,1-2H3,(H,24,28). The molecule has 3 aromatic rings. The largest absolute Gasteiger partial charge is 0.496 e. The van der Waals surface area contributed by atoms with Crippen molar-refractivity contribution in [3.8, 4) is 22.8 Å². The maximum Gasteiger partial charge on any atom is 0.230 e. The molecule has 0 saturated heterocycles. The summed E-state index contributed by atoms with van der Waals surface area (Å²) in [6, 6.07) is 15.1. The molecule has 0 aliphatic rings. The minimum absolute atomic E-state index is 0.0133. The number of hydrogen-bond donors (Lipinski definition) is 1. The van der Waals surface area contributed by atoms with Crippen LogP contribution in [0, 0.1) is 0 Å². The smallest absolute Gasteiger partial charge is 0.230 e. The molecule has 0 saturated carbocycles. The number of benzene rings is 2. The van der Waals surface area contributed by atoms with Crippen LogP contribution in [0.3, 0.4) is 0 Å². The molecule has 0 fully saturated rings. The first-order valence-electron chi connectivity index (χ1n) is 9.88. The van der Waals surface area contributed by atoms with Gasteiger partial charge in [-0.25, -0.2) is 0 Å². The summed E-state index contributed by atoms with van der Waals surface area (Å²) >= 11 is 7.42. The van der Waals surface area contributed by atoms with Crippen LogP contribution >= 0.6 is 23.4 Å². The topological polar surface area (TPSA) is 69.0 Å². The van der Waals surface area contributed by atoms with E-state index < -0.39 is 0 Å². The van der Waals surface area contributed by atoms with Crippen LogP contribution in [-0.4, -0.2) is 40.1 Å². The van der Waals surface area contributed by atoms with Crippen LogP contribution in [0.15, 0.2) is 53.7 Å². The van der Waals surface area contributed by atoms with Crippen molar-refractivity contribution in [2.24, 2.45) is 0 Å². The highest BCUT2D eigenvalue weighted by molar-refractivity contribution is 7.99. The fourth-order valence-electron chi connectivity index (χ4n) is 2.97. The average Bonchev–Trinajstić information content (AvgIpc) is 3.19. The number of hydrogen-bond acceptors (Lipinski definition) is 5. The van der Waals surface area contributed by atoms with E-state index in [1.165, 1.54) is 11.8 Å². The van der Waals surface area contributed by atoms with Gasteiger partial charge in [-0.05, 0) is 42.8 Å². The lowest BCUT2D eigenvalue weighted by atomic mass is 10.2. The predicted octanol–water partition coefficient (Wildman–Crippen LogP) is 4.99. The molecule has 1 aromatic heterocycles. The number of carbonyl (C=O) groups excluding carboxylic acids is 1. The minimum atomic E-state index is -0.0133. The Balaban J connectivity index is 1.87. The average molecular weight is 445 g/mol. The molecular weight excluding hydrogens is 420 g/mol. The quantitative estimate of drug-likeness (QED) is 0.352. The lowest BCUT2D eigenvalue weighted by molar-refractivity contribution is -0.118. The van der Waals surface area contributed by atoms with Gasteiger partial charge in [0, 0.05) is 17.3 Å². The van der Waals surface area contributed by atoms with Crippen LogP contribution in [0.2, 0.25) is 5.02 Å². The van der Waals surface area contributed by atoms with Gasteiger partial charge in [-0.15, -0.1) is 10.2 Å². The van der Waals surface area contributed by atoms with E-state index in [2.05, 4.69) is 22.4 Å². The number of amides is 1. The highest BCUT2D eigenvalue weighted by Gasteiger charge is 2.19. The molecule has 0 atom stereocenters. The molecule has 1 N–H and O–H groups in total. The van der Waals surface area contributed by atoms with E-state index in [4.69, 9.17) is 16.3 Å². The molecule has 0 spiro atoms. The molecule has 6 nitrogen and oxygen atoms in total. The van der Waals surface area contributed by atoms with Crippen molar-refractivity contribution in [3.05, 3.63) is 53.6 Å². The Morgan fingerprint density at radius 1 is 1.13 bits per heavy atom. The molecule has 0 aliphatic heterocycles. The summed E-state index contributed by atoms with van der Waals surface area (Å²) < 4.78 is 7.43. The molecule has 3 rings (SSSR count). The first-order valence-corrected chi connectivity index (χ1v) is 11.2. The fraction of sp³-hybridized carbons (Fsp3) is 0.318. The number of methoxy groups -OCH3 is 1. The van der Waals surface area contributed by atoms with Crippen LogP contribution in [0.5, 0.6) is 5.75 Å². The van der Waals surface area contributed by atoms with Gasteiger partial charge in [0.15, 0.2) is 11.0 Å². The van der Waals surface area contributed by atoms with Gasteiger partial charge in [0.05, 0.1) is 18.4 Å². The molecule has 1 heterocycles. The maximum absolute atomic E-state index is 12.2. The van der Waals surface area contributed by atoms with Crippen molar-refractivity contribution in [1.82, 2.24) is 20.1 Å². The molecule has 8 heteroatoms. The van der Waals surface area contributed by atoms with Crippen LogP contribution < -0.4 is 10.1 Å². The second kappa shape index (κ2) is 11.0. The van der Waals surface area contributed by atoms with Crippen LogP contribution in [-0.2, 0) is 4.79 Å². The number of thioether (sulfide) groups is 1. The van der Waals surface area contributed by atoms with Gasteiger partial charge < -0.3 is 10.1 Å². The van der Waals surface area contributed by atoms with E-state index in [0.29, 0.717) is 28.3 Å². The number of ether oxygens (including phenoxy) is 1. The van der Waals surface area contributed by atoms with Gasteiger partial charge in [-0.3, -0.25) is 9.36 Å². The van der Waals surface area contributed by atoms with Crippen LogP contribution in [0.1, 0.15) is 26.2 Å². The van der Waals surface area contributed by atoms with Gasteiger partial charge in [0.25, 0.3) is 0 Å². The van der Waals surface area contributed by atoms with E-state index in [1.54, 1.807) is 7.11 Å². The second-order valence-corrected chi connectivity index (χ2v) is 8.04. The van der Waals surface area contributed by atoms with E-state index in [-0.39, 0.29) is 11.7 Å². The van der Waals surface area contributed by atoms with Gasteiger partial charge in [-0.2, -0.15) is 0 Å². The van der Waals surface area contributed by atoms with Crippen LogP contribution in [0.4, 0.5) is 0 Å². The Morgan fingerprint density at radius 2 is 1.90 bits per heavy atom. The molecule has 30 heavy (non-hydrogen) atoms. The number of unbranched alkanes of at least 4 members (excludes halogenated alkanes) is 2. The summed E-state index contributed by atoms with van der Waals surface area (Å²) in [5.74, 6) is 1.59. The third-order valence-corrected chi connectivity index (χ3v) is 5.68. The van der Waals surface area contributed by atoms with Gasteiger partial charge in [0.2, 0.25) is 5.91 Å². The third-order valence-electron chi connectivity index (χ3n) is 4.50. The number of rotatable bonds is 10. The van der Waals surface area contributed by atoms with Crippen molar-refractivity contribution in [1.29, 1.82) is 0 Å². The highest BCUT2D eigenvalue weighted by atomic mass is 35.5. The third kappa shape index (κ3) is 5.55. The van der Waals surface area contributed by atoms with Gasteiger partial charge in [-0.1, -0.05) is 55.3 Å². The molecular formula is C22H25ClN4O2S. The Morgan fingerprint density at radius 3 is 2.63 bits per heavy atom. The first-order chi connectivity index (χ1) is 14.6. The summed E-state index contributed by atoms with van der Waals surface area (Å²) in [4.78, 5) is 12.2. The molecule has 0 bridgehead atoms. The normalized spacial score (nSPS) is 10.8. The number of halogens is 1. The van der Waals surface area contributed by atoms with Crippen molar-refractivity contribution >= 4 is 29.3 Å². The van der Waals surface area contributed by atoms with Gasteiger partial charge in [0.1, 0.15) is 5.75 Å². The zero-order valence-corrected chi connectivity index (χ0v) is 18.7. The number of para-hydroxylation sites is 1. The van der Waals surface area contributed by atoms with E-state index in [9.17, 15) is 4.79 Å². The molecule has 0 radical (unpaired) electrons. The molecule has 2 aromatic carbocycles. The lowest BCUT2D eigenvalue weighted by Gasteiger charge is -2.12. The van der Waals surface area contributed by atoms with Crippen molar-refractivity contribution in [3.63, 3.8) is 0 Å². The Bertz CT molecular complexity index is 976. The van der Waals surface area contributed by atoms with E-state index in [0.717, 1.165) is 30.5 Å². The maximum atomic E-state index is 12.2. The highest BCUT2D eigenvalue weighted by Crippen LogP contribution is 2.33. The van der Waals surface area contributed by atoms with Crippen LogP contribution in [0.25, 0.3) is 17.1 Å². The van der Waals surface area contributed by atoms with Crippen molar-refractivity contribution < 1.29 is 9.53 Å². The Kier molecular flexibility index (Phi) is 8.16. The monoisotopic (exact) mass is 444 g/mol. The number of nitrogens with zero attached hydrogens (tertiary/aromatic N) is 3. The summed E-state index contributed by atoms with van der Waals surface area (Å²) in [5.41, 5.74) is 1.68. The molecule has 158 valence electrons. The zero-order valence-electron chi connectivity index (χ0n) is 17.1. The molecule has 1 amide bonds. The molecule has 0 unspecified atom stereocenters. The van der Waals surface area contributed by atoms with Crippen molar-refractivity contribution in [2.75, 3.05) is 19.4 Å². The second-order valence-electron chi connectivity index (χ2n) is 6.66. The SMILES string of the molecule is CCCCCNC(=O)CSc1nnc(-c2ccccc2OC)n1-c1ccc(Cl)cc1. The Labute approximate surface area is 186 Å². The van der Waals surface area contributed by atoms with E-state index >= 15 is 0 Å². The molecule has 0 aliphatic carbocycles. The number of aromatic nitrogens is 3. The summed E-state index contributed by atoms with van der Waals surface area (Å²) in [7, 11) is 1.63. The minimum Gasteiger partial charge on any atom is -0.496 e. The fourth-order valence-corrected chi connectivity index (χ4v) is 3.88. The number of carbonyl (C=O) groups is 1. The first kappa shape index (κ1) is 22.2.